The summed E-state index contributed by atoms with van der Waals surface area (Å²) in [7, 11) is 0. The number of fused-ring (bicyclic) bond motifs is 1. The van der Waals surface area contributed by atoms with Gasteiger partial charge in [0.15, 0.2) is 0 Å². The lowest BCUT2D eigenvalue weighted by molar-refractivity contribution is -0.160. The number of pyridine rings is 1. The molecule has 2 atom stereocenters. The summed E-state index contributed by atoms with van der Waals surface area (Å²) in [6.45, 7) is 13.3. The summed E-state index contributed by atoms with van der Waals surface area (Å²) < 4.78 is 6.72. The van der Waals surface area contributed by atoms with Gasteiger partial charge in [-0.05, 0) is 87.0 Å². The first-order valence-electron chi connectivity index (χ1n) is 20.8. The Labute approximate surface area is 355 Å². The number of primary amides is 1. The molecule has 5 heterocycles. The van der Waals surface area contributed by atoms with E-state index in [2.05, 4.69) is 58.8 Å². The molecule has 0 unspecified atom stereocenters. The Morgan fingerprint density at radius 2 is 1.70 bits per heavy atom. The second kappa shape index (κ2) is 15.8. The van der Waals surface area contributed by atoms with E-state index >= 15 is 0 Å². The smallest absolute Gasteiger partial charge is 0.262 e. The van der Waals surface area contributed by atoms with Crippen molar-refractivity contribution >= 4 is 52.6 Å². The number of halogens is 1. The minimum Gasteiger partial charge on any atom is -0.489 e. The Bertz CT molecular complexity index is 2270. The summed E-state index contributed by atoms with van der Waals surface area (Å²) in [5.74, 6) is -0.696. The summed E-state index contributed by atoms with van der Waals surface area (Å²) in [6, 6.07) is 15.2. The molecule has 2 aromatic carbocycles. The number of carbonyl (C=O) groups is 5. The number of ether oxygens (including phenoxy) is 1. The number of aromatic nitrogens is 1. The number of benzene rings is 2. The van der Waals surface area contributed by atoms with Crippen LogP contribution in [0.3, 0.4) is 0 Å². The summed E-state index contributed by atoms with van der Waals surface area (Å²) in [5, 5.41) is 12.1. The van der Waals surface area contributed by atoms with Gasteiger partial charge in [-0.3, -0.25) is 34.2 Å². The van der Waals surface area contributed by atoms with E-state index in [4.69, 9.17) is 22.1 Å². The number of hydrogen-bond donors (Lipinski definition) is 2. The van der Waals surface area contributed by atoms with Gasteiger partial charge in [-0.2, -0.15) is 5.26 Å². The third-order valence-electron chi connectivity index (χ3n) is 13.4. The third kappa shape index (κ3) is 7.36. The standard InChI is InChI=1S/C45H51ClN8O6/c1-44(2)42(45(3,4)43(44)60-31-10-7-27(22-47)34(46)21-31)53(29-9-11-32-33(20-29)41(59)54(40(32)58)35-12-14-37(55)50-39(35)57)30-6-5-17-51(25-30)24-26-15-18-52(19-16-26)36-13-8-28(23-49-36)38(48)56/h7-11,13,20-21,23,26,30,35,42-43H,5-6,12,14-19,24-25H2,1-4H3,(H2,48,56)(H,50,55,57)/t30-,35-,42?,43?/m1/s1. The quantitative estimate of drug-likeness (QED) is 0.257. The SMILES string of the molecule is CC1(C)C(Oc2ccc(C#N)c(Cl)c2)C(C)(C)C1N(c1ccc2c(c1)C(=O)N([C@@H]1CCC(=O)NC1=O)C2=O)[C@@H]1CCCN(CC2CCN(c3ccc(C(N)=O)cn3)CC2)C1. The van der Waals surface area contributed by atoms with Crippen LogP contribution in [0.2, 0.25) is 5.02 Å². The molecule has 14 nitrogen and oxygen atoms in total. The number of anilines is 2. The Morgan fingerprint density at radius 1 is 0.967 bits per heavy atom. The largest absolute Gasteiger partial charge is 0.489 e. The van der Waals surface area contributed by atoms with Crippen LogP contribution in [0.1, 0.15) is 103 Å². The molecule has 8 rings (SSSR count). The maximum Gasteiger partial charge on any atom is 0.262 e. The molecule has 60 heavy (non-hydrogen) atoms. The minimum absolute atomic E-state index is 0.0489. The van der Waals surface area contributed by atoms with Crippen LogP contribution in [0.5, 0.6) is 5.75 Å². The van der Waals surface area contributed by atoms with E-state index in [1.54, 1.807) is 30.3 Å². The van der Waals surface area contributed by atoms with Crippen molar-refractivity contribution in [2.24, 2.45) is 22.5 Å². The van der Waals surface area contributed by atoms with Gasteiger partial charge in [0.2, 0.25) is 17.7 Å². The molecule has 0 radical (unpaired) electrons. The van der Waals surface area contributed by atoms with E-state index in [9.17, 15) is 29.2 Å². The molecule has 1 aliphatic carbocycles. The highest BCUT2D eigenvalue weighted by Crippen LogP contribution is 2.59. The fourth-order valence-corrected chi connectivity index (χ4v) is 11.2. The number of imide groups is 2. The number of nitrogens with zero attached hydrogens (tertiary/aromatic N) is 6. The Balaban J connectivity index is 1.05. The number of carbonyl (C=O) groups excluding carboxylic acids is 5. The number of likely N-dealkylation sites (tertiary alicyclic amines) is 1. The highest BCUT2D eigenvalue weighted by Gasteiger charge is 2.66. The molecule has 0 bridgehead atoms. The van der Waals surface area contributed by atoms with E-state index in [1.807, 2.05) is 18.2 Å². The minimum atomic E-state index is -1.05. The van der Waals surface area contributed by atoms with Crippen LogP contribution in [0.25, 0.3) is 0 Å². The van der Waals surface area contributed by atoms with E-state index in [0.29, 0.717) is 27.8 Å². The van der Waals surface area contributed by atoms with Crippen molar-refractivity contribution in [3.63, 3.8) is 0 Å². The lowest BCUT2D eigenvalue weighted by atomic mass is 9.48. The zero-order valence-electron chi connectivity index (χ0n) is 34.4. The average Bonchev–Trinajstić information content (AvgIpc) is 3.47. The molecule has 4 aliphatic heterocycles. The highest BCUT2D eigenvalue weighted by molar-refractivity contribution is 6.31. The maximum atomic E-state index is 14.1. The van der Waals surface area contributed by atoms with Crippen LogP contribution in [-0.2, 0) is 9.59 Å². The number of rotatable bonds is 10. The number of piperidine rings is 3. The molecule has 0 spiro atoms. The number of nitriles is 1. The van der Waals surface area contributed by atoms with Gasteiger partial charge in [-0.15, -0.1) is 0 Å². The lowest BCUT2D eigenvalue weighted by Gasteiger charge is -2.68. The molecular weight excluding hydrogens is 784 g/mol. The van der Waals surface area contributed by atoms with Crippen molar-refractivity contribution in [3.8, 4) is 11.8 Å². The van der Waals surface area contributed by atoms with Gasteiger partial charge in [-0.25, -0.2) is 4.98 Å². The first-order valence-corrected chi connectivity index (χ1v) is 21.2. The molecule has 314 valence electrons. The van der Waals surface area contributed by atoms with Gasteiger partial charge in [0.1, 0.15) is 29.8 Å². The van der Waals surface area contributed by atoms with Crippen molar-refractivity contribution < 1.29 is 28.7 Å². The van der Waals surface area contributed by atoms with Crippen molar-refractivity contribution in [1.29, 1.82) is 5.26 Å². The van der Waals surface area contributed by atoms with Crippen LogP contribution >= 0.6 is 11.6 Å². The van der Waals surface area contributed by atoms with Gasteiger partial charge in [-0.1, -0.05) is 39.3 Å². The van der Waals surface area contributed by atoms with Gasteiger partial charge >= 0.3 is 0 Å². The van der Waals surface area contributed by atoms with E-state index in [1.165, 1.54) is 6.20 Å². The van der Waals surface area contributed by atoms with Crippen LogP contribution in [0.4, 0.5) is 11.5 Å². The second-order valence-corrected chi connectivity index (χ2v) is 18.5. The molecule has 5 amide bonds. The van der Waals surface area contributed by atoms with Crippen molar-refractivity contribution in [1.82, 2.24) is 20.1 Å². The summed E-state index contributed by atoms with van der Waals surface area (Å²) >= 11 is 6.43. The second-order valence-electron chi connectivity index (χ2n) is 18.1. The van der Waals surface area contributed by atoms with Gasteiger partial charge in [0.05, 0.1) is 27.3 Å². The molecule has 1 saturated carbocycles. The van der Waals surface area contributed by atoms with Crippen molar-refractivity contribution in [2.45, 2.75) is 90.4 Å². The van der Waals surface area contributed by atoms with Crippen LogP contribution in [-0.4, -0.2) is 101 Å². The Kier molecular flexibility index (Phi) is 10.9. The molecule has 1 aromatic heterocycles. The van der Waals surface area contributed by atoms with Crippen LogP contribution in [0.15, 0.2) is 54.7 Å². The fourth-order valence-electron chi connectivity index (χ4n) is 11.0. The Morgan fingerprint density at radius 3 is 2.35 bits per heavy atom. The van der Waals surface area contributed by atoms with Crippen LogP contribution in [0, 0.1) is 28.1 Å². The fraction of sp³-hybridized carbons (Fsp3) is 0.489. The normalized spacial score (nSPS) is 25.3. The summed E-state index contributed by atoms with van der Waals surface area (Å²) in [4.78, 5) is 76.9. The average molecular weight is 835 g/mol. The van der Waals surface area contributed by atoms with E-state index in [0.717, 1.165) is 74.8 Å². The highest BCUT2D eigenvalue weighted by atomic mass is 35.5. The number of amides is 5. The number of nitrogens with one attached hydrogen (secondary N) is 1. The van der Waals surface area contributed by atoms with Crippen molar-refractivity contribution in [3.05, 3.63) is 82.0 Å². The molecule has 4 fully saturated rings. The zero-order chi connectivity index (χ0) is 42.7. The zero-order valence-corrected chi connectivity index (χ0v) is 35.2. The molecule has 3 aromatic rings. The predicted molar refractivity (Wildman–Crippen MR) is 225 cm³/mol. The molecule has 3 saturated heterocycles. The molecule has 5 aliphatic rings. The van der Waals surface area contributed by atoms with E-state index in [-0.39, 0.29) is 42.2 Å². The molecule has 3 N–H and O–H groups in total. The molecular formula is C45H51ClN8O6. The first kappa shape index (κ1) is 41.2. The Hall–Kier alpha value is -5.52. The van der Waals surface area contributed by atoms with Gasteiger partial charge < -0.3 is 25.2 Å². The third-order valence-corrected chi connectivity index (χ3v) is 13.7. The summed E-state index contributed by atoms with van der Waals surface area (Å²) in [5.41, 5.74) is 6.67. The van der Waals surface area contributed by atoms with Crippen LogP contribution < -0.4 is 25.6 Å². The first-order chi connectivity index (χ1) is 28.6. The number of hydrogen-bond acceptors (Lipinski definition) is 11. The van der Waals surface area contributed by atoms with Gasteiger partial charge in [0.25, 0.3) is 11.8 Å². The lowest BCUT2D eigenvalue weighted by Crippen LogP contribution is -2.76. The van der Waals surface area contributed by atoms with Gasteiger partial charge in [0, 0.05) is 73.5 Å². The number of nitrogens with two attached hydrogens (primary N) is 1. The van der Waals surface area contributed by atoms with E-state index < -0.39 is 46.4 Å². The predicted octanol–water partition coefficient (Wildman–Crippen LogP) is 5.18. The summed E-state index contributed by atoms with van der Waals surface area (Å²) in [6.07, 6.45) is 5.36. The van der Waals surface area contributed by atoms with Crippen molar-refractivity contribution in [2.75, 3.05) is 42.5 Å². The monoisotopic (exact) mass is 834 g/mol. The maximum absolute atomic E-state index is 14.1. The topological polar surface area (TPSA) is 182 Å². The molecule has 15 heteroatoms.